The molecule has 0 radical (unpaired) electrons. The molecule has 2 N–H and O–H groups in total. The minimum absolute atomic E-state index is 0.0505. The van der Waals surface area contributed by atoms with E-state index in [0.717, 1.165) is 12.0 Å². The number of carboxylic acid groups (broad SMARTS) is 1. The Morgan fingerprint density at radius 3 is 2.27 bits per heavy atom. The fourth-order valence-corrected chi connectivity index (χ4v) is 2.77. The average Bonchev–Trinajstić information content (AvgIpc) is 2.43. The van der Waals surface area contributed by atoms with Gasteiger partial charge in [0.05, 0.1) is 26.2 Å². The van der Waals surface area contributed by atoms with E-state index in [1.54, 1.807) is 12.1 Å². The summed E-state index contributed by atoms with van der Waals surface area (Å²) in [6, 6.07) is 3.36. The van der Waals surface area contributed by atoms with Crippen LogP contribution in [0.5, 0.6) is 11.5 Å². The topological polar surface area (TPSA) is 84.9 Å². The normalized spacial score (nSPS) is 15.6. The molecule has 0 saturated heterocycles. The molecular formula is C16H21NO5. The van der Waals surface area contributed by atoms with Crippen LogP contribution in [0.1, 0.15) is 41.6 Å². The Morgan fingerprint density at radius 1 is 1.23 bits per heavy atom. The number of carbonyl (C=O) groups excluding carboxylic acids is 1. The zero-order chi connectivity index (χ0) is 16.3. The summed E-state index contributed by atoms with van der Waals surface area (Å²) in [4.78, 5) is 23.5. The minimum Gasteiger partial charge on any atom is -0.493 e. The van der Waals surface area contributed by atoms with Crippen LogP contribution in [-0.4, -0.2) is 36.7 Å². The fraction of sp³-hybridized carbons (Fsp3) is 0.500. The van der Waals surface area contributed by atoms with Gasteiger partial charge in [0, 0.05) is 5.56 Å². The molecule has 1 aliphatic carbocycles. The van der Waals surface area contributed by atoms with Gasteiger partial charge in [-0.3, -0.25) is 9.59 Å². The van der Waals surface area contributed by atoms with E-state index in [1.165, 1.54) is 14.2 Å². The lowest BCUT2D eigenvalue weighted by molar-refractivity contribution is -0.139. The first-order valence-corrected chi connectivity index (χ1v) is 7.18. The van der Waals surface area contributed by atoms with Crippen molar-refractivity contribution < 1.29 is 24.2 Å². The minimum atomic E-state index is -0.899. The highest BCUT2D eigenvalue weighted by Gasteiger charge is 2.40. The molecule has 0 atom stereocenters. The Morgan fingerprint density at radius 2 is 1.82 bits per heavy atom. The summed E-state index contributed by atoms with van der Waals surface area (Å²) in [5, 5.41) is 11.9. The summed E-state index contributed by atoms with van der Waals surface area (Å²) in [6.45, 7) is 1.81. The van der Waals surface area contributed by atoms with Gasteiger partial charge >= 0.3 is 5.97 Å². The van der Waals surface area contributed by atoms with Gasteiger partial charge in [-0.1, -0.05) is 0 Å². The Hall–Kier alpha value is -2.24. The van der Waals surface area contributed by atoms with E-state index in [2.05, 4.69) is 5.32 Å². The molecule has 0 unspecified atom stereocenters. The standard InChI is InChI=1S/C16H21NO5/c1-10-7-12(21-2)13(22-3)8-11(10)15(20)17-16(5-4-6-16)9-14(18)19/h7-8H,4-6,9H2,1-3H3,(H,17,20)(H,18,19). The van der Waals surface area contributed by atoms with Crippen molar-refractivity contribution in [1.29, 1.82) is 0 Å². The summed E-state index contributed by atoms with van der Waals surface area (Å²) in [6.07, 6.45) is 2.26. The Balaban J connectivity index is 2.24. The number of nitrogens with one attached hydrogen (secondary N) is 1. The van der Waals surface area contributed by atoms with Gasteiger partial charge in [0.15, 0.2) is 11.5 Å². The van der Waals surface area contributed by atoms with Crippen molar-refractivity contribution in [3.05, 3.63) is 23.3 Å². The zero-order valence-electron chi connectivity index (χ0n) is 13.1. The maximum Gasteiger partial charge on any atom is 0.305 e. The fourth-order valence-electron chi connectivity index (χ4n) is 2.77. The van der Waals surface area contributed by atoms with Crippen molar-refractivity contribution in [2.24, 2.45) is 0 Å². The molecule has 6 heteroatoms. The van der Waals surface area contributed by atoms with Crippen LogP contribution in [0.3, 0.4) is 0 Å². The van der Waals surface area contributed by atoms with Crippen LogP contribution in [-0.2, 0) is 4.79 Å². The highest BCUT2D eigenvalue weighted by atomic mass is 16.5. The predicted molar refractivity (Wildman–Crippen MR) is 80.6 cm³/mol. The molecule has 0 aromatic heterocycles. The number of aryl methyl sites for hydroxylation is 1. The number of amides is 1. The molecule has 1 aromatic rings. The van der Waals surface area contributed by atoms with E-state index in [0.29, 0.717) is 29.9 Å². The van der Waals surface area contributed by atoms with E-state index in [4.69, 9.17) is 14.6 Å². The van der Waals surface area contributed by atoms with Gasteiger partial charge in [-0.2, -0.15) is 0 Å². The Kier molecular flexibility index (Phi) is 4.59. The van der Waals surface area contributed by atoms with Gasteiger partial charge < -0.3 is 19.9 Å². The third kappa shape index (κ3) is 3.16. The number of hydrogen-bond donors (Lipinski definition) is 2. The third-order valence-corrected chi connectivity index (χ3v) is 4.15. The molecule has 0 aliphatic heterocycles. The first-order valence-electron chi connectivity index (χ1n) is 7.18. The lowest BCUT2D eigenvalue weighted by Gasteiger charge is -2.41. The van der Waals surface area contributed by atoms with Gasteiger partial charge in [0.2, 0.25) is 0 Å². The Labute approximate surface area is 129 Å². The van der Waals surface area contributed by atoms with Crippen LogP contribution >= 0.6 is 0 Å². The van der Waals surface area contributed by atoms with Crippen molar-refractivity contribution in [1.82, 2.24) is 5.32 Å². The number of carbonyl (C=O) groups is 2. The highest BCUT2D eigenvalue weighted by Crippen LogP contribution is 2.36. The first kappa shape index (κ1) is 16.1. The largest absolute Gasteiger partial charge is 0.493 e. The monoisotopic (exact) mass is 307 g/mol. The van der Waals surface area contributed by atoms with Crippen LogP contribution in [0.4, 0.5) is 0 Å². The number of methoxy groups -OCH3 is 2. The molecular weight excluding hydrogens is 286 g/mol. The van der Waals surface area contributed by atoms with Crippen LogP contribution in [0.2, 0.25) is 0 Å². The van der Waals surface area contributed by atoms with E-state index >= 15 is 0 Å². The van der Waals surface area contributed by atoms with E-state index < -0.39 is 11.5 Å². The molecule has 1 amide bonds. The number of ether oxygens (including phenoxy) is 2. The van der Waals surface area contributed by atoms with E-state index in [-0.39, 0.29) is 12.3 Å². The van der Waals surface area contributed by atoms with Gasteiger partial charge in [-0.05, 0) is 43.9 Å². The summed E-state index contributed by atoms with van der Waals surface area (Å²) < 4.78 is 10.4. The van der Waals surface area contributed by atoms with Crippen molar-refractivity contribution in [3.63, 3.8) is 0 Å². The van der Waals surface area contributed by atoms with Crippen LogP contribution in [0, 0.1) is 6.92 Å². The summed E-state index contributed by atoms with van der Waals surface area (Å²) >= 11 is 0. The van der Waals surface area contributed by atoms with Gasteiger partial charge in [-0.25, -0.2) is 0 Å². The second kappa shape index (κ2) is 6.25. The molecule has 1 aliphatic rings. The second-order valence-electron chi connectivity index (χ2n) is 5.68. The van der Waals surface area contributed by atoms with E-state index in [9.17, 15) is 9.59 Å². The molecule has 1 fully saturated rings. The molecule has 0 heterocycles. The van der Waals surface area contributed by atoms with Crippen molar-refractivity contribution >= 4 is 11.9 Å². The SMILES string of the molecule is COc1cc(C)c(C(=O)NC2(CC(=O)O)CCC2)cc1OC. The average molecular weight is 307 g/mol. The molecule has 0 bridgehead atoms. The summed E-state index contributed by atoms with van der Waals surface area (Å²) in [5.41, 5.74) is 0.594. The van der Waals surface area contributed by atoms with Gasteiger partial charge in [0.1, 0.15) is 0 Å². The third-order valence-electron chi connectivity index (χ3n) is 4.15. The van der Waals surface area contributed by atoms with Crippen LogP contribution in [0.25, 0.3) is 0 Å². The summed E-state index contributed by atoms with van der Waals surface area (Å²) in [7, 11) is 3.04. The maximum atomic E-state index is 12.5. The van der Waals surface area contributed by atoms with Gasteiger partial charge in [-0.15, -0.1) is 0 Å². The quantitative estimate of drug-likeness (QED) is 0.841. The van der Waals surface area contributed by atoms with Crippen LogP contribution < -0.4 is 14.8 Å². The lowest BCUT2D eigenvalue weighted by atomic mass is 9.74. The molecule has 1 aromatic carbocycles. The predicted octanol–water partition coefficient (Wildman–Crippen LogP) is 2.14. The maximum absolute atomic E-state index is 12.5. The zero-order valence-corrected chi connectivity index (χ0v) is 13.1. The highest BCUT2D eigenvalue weighted by molar-refractivity contribution is 5.97. The molecule has 120 valence electrons. The van der Waals surface area contributed by atoms with Crippen LogP contribution in [0.15, 0.2) is 12.1 Å². The number of hydrogen-bond acceptors (Lipinski definition) is 4. The van der Waals surface area contributed by atoms with E-state index in [1.807, 2.05) is 6.92 Å². The number of aliphatic carboxylic acids is 1. The number of benzene rings is 1. The molecule has 6 nitrogen and oxygen atoms in total. The molecule has 2 rings (SSSR count). The molecule has 0 spiro atoms. The summed E-state index contributed by atoms with van der Waals surface area (Å²) in [5.74, 6) is -0.150. The second-order valence-corrected chi connectivity index (χ2v) is 5.68. The smallest absolute Gasteiger partial charge is 0.305 e. The van der Waals surface area contributed by atoms with Crippen molar-refractivity contribution in [3.8, 4) is 11.5 Å². The molecule has 22 heavy (non-hydrogen) atoms. The Bertz CT molecular complexity index is 592. The van der Waals surface area contributed by atoms with Gasteiger partial charge in [0.25, 0.3) is 5.91 Å². The number of rotatable bonds is 6. The lowest BCUT2D eigenvalue weighted by Crippen LogP contribution is -2.54. The number of carboxylic acids is 1. The molecule has 1 saturated carbocycles. The van der Waals surface area contributed by atoms with Crippen molar-refractivity contribution in [2.75, 3.05) is 14.2 Å². The van der Waals surface area contributed by atoms with Crippen molar-refractivity contribution in [2.45, 2.75) is 38.1 Å². The first-order chi connectivity index (χ1) is 10.4.